The van der Waals surface area contributed by atoms with Crippen molar-refractivity contribution in [1.82, 2.24) is 14.7 Å². The normalized spacial score (nSPS) is 11.1. The summed E-state index contributed by atoms with van der Waals surface area (Å²) >= 11 is 0. The second-order valence-electron chi connectivity index (χ2n) is 6.91. The Morgan fingerprint density at radius 3 is 1.97 bits per heavy atom. The van der Waals surface area contributed by atoms with Crippen LogP contribution in [0.25, 0.3) is 5.69 Å². The second-order valence-corrected chi connectivity index (χ2v) is 8.33. The number of primary amides is 1. The van der Waals surface area contributed by atoms with Crippen LogP contribution < -0.4 is 16.2 Å². The highest BCUT2D eigenvalue weighted by atomic mass is 32.2. The molecule has 2 aromatic carbocycles. The first-order valence-electron chi connectivity index (χ1n) is 10.4. The summed E-state index contributed by atoms with van der Waals surface area (Å²) < 4.78 is 32.3. The van der Waals surface area contributed by atoms with Gasteiger partial charge in [0.1, 0.15) is 5.82 Å². The lowest BCUT2D eigenvalue weighted by Crippen LogP contribution is -2.31. The van der Waals surface area contributed by atoms with Gasteiger partial charge in [0, 0.05) is 6.07 Å². The molecule has 10 nitrogen and oxygen atoms in total. The number of hydrogen-bond donors (Lipinski definition) is 3. The summed E-state index contributed by atoms with van der Waals surface area (Å²) in [6.07, 6.45) is 0. The molecule has 0 aliphatic carbocycles. The van der Waals surface area contributed by atoms with E-state index >= 15 is 0 Å². The van der Waals surface area contributed by atoms with Gasteiger partial charge in [-0.1, -0.05) is 39.0 Å². The van der Waals surface area contributed by atoms with Crippen molar-refractivity contribution < 1.29 is 17.8 Å². The highest BCUT2D eigenvalue weighted by Crippen LogP contribution is 2.22. The first-order chi connectivity index (χ1) is 15.6. The Kier molecular flexibility index (Phi) is 8.97. The highest BCUT2D eigenvalue weighted by molar-refractivity contribution is 7.85. The Bertz CT molecular complexity index is 1190. The van der Waals surface area contributed by atoms with E-state index in [2.05, 4.69) is 30.8 Å². The molecule has 1 aromatic heterocycles. The van der Waals surface area contributed by atoms with Gasteiger partial charge in [-0.25, -0.2) is 14.4 Å². The van der Waals surface area contributed by atoms with E-state index in [4.69, 9.17) is 10.3 Å². The van der Waals surface area contributed by atoms with Crippen LogP contribution in [0.5, 0.6) is 0 Å². The Balaban J connectivity index is 0.000000479. The Morgan fingerprint density at radius 2 is 1.55 bits per heavy atom. The van der Waals surface area contributed by atoms with E-state index in [1.165, 1.54) is 37.8 Å². The van der Waals surface area contributed by atoms with Crippen molar-refractivity contribution in [3.8, 4) is 5.69 Å². The number of nitrogens with zero attached hydrogens (tertiary/aromatic N) is 3. The number of benzene rings is 2. The van der Waals surface area contributed by atoms with E-state index < -0.39 is 21.7 Å². The predicted molar refractivity (Wildman–Crippen MR) is 128 cm³/mol. The zero-order chi connectivity index (χ0) is 24.6. The molecule has 0 aliphatic heterocycles. The molecule has 0 saturated carbocycles. The van der Waals surface area contributed by atoms with Gasteiger partial charge in [0.25, 0.3) is 15.7 Å². The highest BCUT2D eigenvalue weighted by Gasteiger charge is 2.19. The SMILES string of the molecule is CCN(CC)CC.NC(=O)N(c1ccccc1)c1cc(=O)n(-c2ccc(S(=O)(=O)O)cc2)[nH]1. The van der Waals surface area contributed by atoms with Crippen LogP contribution >= 0.6 is 0 Å². The quantitative estimate of drug-likeness (QED) is 0.449. The maximum Gasteiger partial charge on any atom is 0.325 e. The van der Waals surface area contributed by atoms with Gasteiger partial charge < -0.3 is 10.6 Å². The number of nitrogens with one attached hydrogen (secondary N) is 1. The van der Waals surface area contributed by atoms with E-state index in [0.29, 0.717) is 11.4 Å². The van der Waals surface area contributed by atoms with Gasteiger partial charge in [-0.2, -0.15) is 8.42 Å². The zero-order valence-corrected chi connectivity index (χ0v) is 19.6. The number of H-pyrrole nitrogens is 1. The second kappa shape index (κ2) is 11.5. The van der Waals surface area contributed by atoms with Gasteiger partial charge >= 0.3 is 6.03 Å². The fraction of sp³-hybridized carbons (Fsp3) is 0.273. The van der Waals surface area contributed by atoms with E-state index in [1.807, 2.05) is 0 Å². The minimum absolute atomic E-state index is 0.146. The van der Waals surface area contributed by atoms with Gasteiger partial charge in [-0.3, -0.25) is 14.4 Å². The Morgan fingerprint density at radius 1 is 1.00 bits per heavy atom. The molecule has 178 valence electrons. The molecule has 0 radical (unpaired) electrons. The number of carbonyl (C=O) groups excluding carboxylic acids is 1. The lowest BCUT2D eigenvalue weighted by atomic mass is 10.3. The molecule has 0 saturated heterocycles. The number of aromatic amines is 1. The molecule has 3 aromatic rings. The van der Waals surface area contributed by atoms with Crippen LogP contribution in [0.4, 0.5) is 16.3 Å². The topological polar surface area (TPSA) is 142 Å². The molecule has 0 aliphatic rings. The summed E-state index contributed by atoms with van der Waals surface area (Å²) in [5.41, 5.74) is 5.72. The van der Waals surface area contributed by atoms with Gasteiger partial charge in [-0.15, -0.1) is 0 Å². The van der Waals surface area contributed by atoms with E-state index in [1.54, 1.807) is 30.3 Å². The van der Waals surface area contributed by atoms with Crippen molar-refractivity contribution >= 4 is 27.7 Å². The molecule has 33 heavy (non-hydrogen) atoms. The average Bonchev–Trinajstić information content (AvgIpc) is 3.16. The minimum atomic E-state index is -4.33. The molecule has 0 atom stereocenters. The molecule has 0 fully saturated rings. The smallest absolute Gasteiger partial charge is 0.325 e. The summed E-state index contributed by atoms with van der Waals surface area (Å²) in [4.78, 5) is 27.3. The van der Waals surface area contributed by atoms with Gasteiger partial charge in [0.05, 0.1) is 16.3 Å². The van der Waals surface area contributed by atoms with Crippen LogP contribution in [-0.4, -0.2) is 53.3 Å². The van der Waals surface area contributed by atoms with E-state index in [-0.39, 0.29) is 10.7 Å². The summed E-state index contributed by atoms with van der Waals surface area (Å²) in [7, 11) is -4.33. The first-order valence-corrected chi connectivity index (χ1v) is 11.8. The largest absolute Gasteiger partial charge is 0.351 e. The third-order valence-corrected chi connectivity index (χ3v) is 5.78. The van der Waals surface area contributed by atoms with Gasteiger partial charge in [-0.05, 0) is 56.0 Å². The summed E-state index contributed by atoms with van der Waals surface area (Å²) in [6.45, 7) is 10.1. The molecule has 1 heterocycles. The van der Waals surface area contributed by atoms with Crippen molar-refractivity contribution in [1.29, 1.82) is 0 Å². The number of nitrogens with two attached hydrogens (primary N) is 1. The van der Waals surface area contributed by atoms with Crippen molar-refractivity contribution in [3.63, 3.8) is 0 Å². The minimum Gasteiger partial charge on any atom is -0.351 e. The van der Waals surface area contributed by atoms with Crippen LogP contribution in [0.2, 0.25) is 0 Å². The van der Waals surface area contributed by atoms with Gasteiger partial charge in [0.15, 0.2) is 0 Å². The molecule has 0 spiro atoms. The molecule has 2 amide bonds. The van der Waals surface area contributed by atoms with Crippen LogP contribution in [0.15, 0.2) is 70.4 Å². The molecule has 4 N–H and O–H groups in total. The number of aromatic nitrogens is 2. The summed E-state index contributed by atoms with van der Waals surface area (Å²) in [5.74, 6) is 0.146. The maximum absolute atomic E-state index is 12.3. The van der Waals surface area contributed by atoms with Crippen molar-refractivity contribution in [2.45, 2.75) is 25.7 Å². The standard InChI is InChI=1S/C16H14N4O5S.C6H15N/c17-16(22)19(11-4-2-1-3-5-11)14-10-15(21)20(18-14)12-6-8-13(9-7-12)26(23,24)25;1-4-7(5-2)6-3/h1-10,18H,(H2,17,22)(H,23,24,25);4-6H2,1-3H3. The maximum atomic E-state index is 12.3. The molecular weight excluding hydrogens is 446 g/mol. The number of para-hydroxylation sites is 1. The van der Waals surface area contributed by atoms with Gasteiger partial charge in [0.2, 0.25) is 0 Å². The Hall–Kier alpha value is -3.41. The molecule has 3 rings (SSSR count). The lowest BCUT2D eigenvalue weighted by Gasteiger charge is -2.18. The number of rotatable bonds is 7. The van der Waals surface area contributed by atoms with Crippen LogP contribution in [0, 0.1) is 0 Å². The summed E-state index contributed by atoms with van der Waals surface area (Å²) in [6, 6.07) is 13.9. The fourth-order valence-electron chi connectivity index (χ4n) is 3.09. The molecule has 0 bridgehead atoms. The first kappa shape index (κ1) is 25.8. The average molecular weight is 476 g/mol. The van der Waals surface area contributed by atoms with Crippen molar-refractivity contribution in [2.24, 2.45) is 5.73 Å². The van der Waals surface area contributed by atoms with Crippen LogP contribution in [-0.2, 0) is 10.1 Å². The van der Waals surface area contributed by atoms with Crippen molar-refractivity contribution in [3.05, 3.63) is 71.0 Å². The number of hydrogen-bond acceptors (Lipinski definition) is 5. The number of urea groups is 1. The molecule has 11 heteroatoms. The lowest BCUT2D eigenvalue weighted by molar-refractivity contribution is 0.256. The zero-order valence-electron chi connectivity index (χ0n) is 18.8. The van der Waals surface area contributed by atoms with Crippen molar-refractivity contribution in [2.75, 3.05) is 24.5 Å². The third kappa shape index (κ3) is 6.78. The van der Waals surface area contributed by atoms with Crippen LogP contribution in [0.3, 0.4) is 0 Å². The summed E-state index contributed by atoms with van der Waals surface area (Å²) in [5, 5.41) is 2.75. The fourth-order valence-corrected chi connectivity index (χ4v) is 3.57. The monoisotopic (exact) mass is 475 g/mol. The van der Waals surface area contributed by atoms with E-state index in [0.717, 1.165) is 21.7 Å². The third-order valence-electron chi connectivity index (χ3n) is 4.92. The van der Waals surface area contributed by atoms with E-state index in [9.17, 15) is 18.0 Å². The Labute approximate surface area is 193 Å². The number of amides is 2. The number of anilines is 2. The molecular formula is C22H29N5O5S. The van der Waals surface area contributed by atoms with Crippen LogP contribution in [0.1, 0.15) is 20.8 Å². The molecule has 0 unspecified atom stereocenters. The predicted octanol–water partition coefficient (Wildman–Crippen LogP) is 2.98. The number of carbonyl (C=O) groups is 1.